The number of nitrogens with one attached hydrogen (secondary N) is 1. The highest BCUT2D eigenvalue weighted by atomic mass is 32.1. The molecule has 1 aliphatic rings. The highest BCUT2D eigenvalue weighted by Gasteiger charge is 2.58. The summed E-state index contributed by atoms with van der Waals surface area (Å²) in [5.41, 5.74) is -0.879. The minimum absolute atomic E-state index is 0.138. The fourth-order valence-electron chi connectivity index (χ4n) is 4.20. The highest BCUT2D eigenvalue weighted by molar-refractivity contribution is 7.04. The molecule has 0 spiro atoms. The third-order valence-electron chi connectivity index (χ3n) is 6.87. The van der Waals surface area contributed by atoms with Crippen molar-refractivity contribution < 1.29 is 22.8 Å². The smallest absolute Gasteiger partial charge is 0.347 e. The maximum absolute atomic E-state index is 13.4. The van der Waals surface area contributed by atoms with Crippen LogP contribution in [0.3, 0.4) is 0 Å². The van der Waals surface area contributed by atoms with Crippen LogP contribution >= 0.6 is 11.5 Å². The van der Waals surface area contributed by atoms with Crippen LogP contribution in [0.25, 0.3) is 0 Å². The van der Waals surface area contributed by atoms with Gasteiger partial charge in [0.2, 0.25) is 5.91 Å². The molecule has 5 nitrogen and oxygen atoms in total. The summed E-state index contributed by atoms with van der Waals surface area (Å²) in [5, 5.41) is 1.99. The number of unbranched alkanes of at least 4 members (excludes halogenated alkanes) is 1. The molecule has 182 valence electrons. The summed E-state index contributed by atoms with van der Waals surface area (Å²) < 4.78 is 40.4. The molecule has 9 heteroatoms. The van der Waals surface area contributed by atoms with E-state index < -0.39 is 35.4 Å². The van der Waals surface area contributed by atoms with Crippen molar-refractivity contribution in [3.05, 3.63) is 16.4 Å². The number of alkyl halides is 3. The Bertz CT molecular complexity index is 909. The van der Waals surface area contributed by atoms with Gasteiger partial charge < -0.3 is 5.32 Å². The summed E-state index contributed by atoms with van der Waals surface area (Å²) in [6.07, 6.45) is 1.18. The van der Waals surface area contributed by atoms with E-state index in [9.17, 15) is 22.8 Å². The molecule has 1 aromatic heterocycles. The van der Waals surface area contributed by atoms with E-state index in [0.29, 0.717) is 17.5 Å². The Morgan fingerprint density at radius 2 is 1.88 bits per heavy atom. The van der Waals surface area contributed by atoms with Gasteiger partial charge in [-0.25, -0.2) is 4.99 Å². The minimum Gasteiger partial charge on any atom is -0.347 e. The van der Waals surface area contributed by atoms with Gasteiger partial charge >= 0.3 is 6.18 Å². The SMILES string of the molecule is CCCCc1cn(C(C)(C)C)s/c1=N\C(=O)C1(C)CCC(C(=O)NCC(F)(F)F)C1(C)C. The second-order valence-electron chi connectivity index (χ2n) is 10.5. The van der Waals surface area contributed by atoms with Gasteiger partial charge in [0, 0.05) is 23.2 Å². The fourth-order valence-corrected chi connectivity index (χ4v) is 5.24. The molecule has 0 aromatic carbocycles. The Hall–Kier alpha value is -1.64. The summed E-state index contributed by atoms with van der Waals surface area (Å²) >= 11 is 1.45. The predicted molar refractivity (Wildman–Crippen MR) is 120 cm³/mol. The van der Waals surface area contributed by atoms with Crippen LogP contribution in [0.15, 0.2) is 11.2 Å². The van der Waals surface area contributed by atoms with E-state index in [2.05, 4.69) is 42.8 Å². The molecule has 32 heavy (non-hydrogen) atoms. The molecule has 1 saturated carbocycles. The number of rotatable bonds is 6. The standard InChI is InChI=1S/C23H36F3N3O2S/c1-8-9-10-15-13-29(20(2,3)4)32-18(15)28-19(31)22(7)12-11-16(21(22,5)6)17(30)27-14-23(24,25)26/h13,16H,8-12,14H2,1-7H3,(H,27,30)/b28-18-. The van der Waals surface area contributed by atoms with E-state index in [0.717, 1.165) is 24.8 Å². The quantitative estimate of drug-likeness (QED) is 0.615. The zero-order chi connectivity index (χ0) is 24.5. The third kappa shape index (κ3) is 5.64. The van der Waals surface area contributed by atoms with Gasteiger partial charge in [-0.3, -0.25) is 13.5 Å². The Morgan fingerprint density at radius 3 is 2.41 bits per heavy atom. The van der Waals surface area contributed by atoms with Crippen molar-refractivity contribution in [2.75, 3.05) is 6.54 Å². The van der Waals surface area contributed by atoms with Gasteiger partial charge in [-0.05, 0) is 63.4 Å². The van der Waals surface area contributed by atoms with Crippen LogP contribution in [0.2, 0.25) is 0 Å². The summed E-state index contributed by atoms with van der Waals surface area (Å²) in [4.78, 5) is 30.5. The number of carbonyl (C=O) groups excluding carboxylic acids is 2. The molecule has 0 bridgehead atoms. The van der Waals surface area contributed by atoms with Gasteiger partial charge in [-0.1, -0.05) is 34.1 Å². The van der Waals surface area contributed by atoms with Crippen molar-refractivity contribution in [2.45, 2.75) is 92.3 Å². The third-order valence-corrected chi connectivity index (χ3v) is 8.25. The topological polar surface area (TPSA) is 63.5 Å². The van der Waals surface area contributed by atoms with E-state index in [1.54, 1.807) is 20.8 Å². The van der Waals surface area contributed by atoms with Crippen molar-refractivity contribution in [3.63, 3.8) is 0 Å². The lowest BCUT2D eigenvalue weighted by molar-refractivity contribution is -0.145. The average Bonchev–Trinajstić information content (AvgIpc) is 3.16. The number of aromatic nitrogens is 1. The van der Waals surface area contributed by atoms with Crippen LogP contribution < -0.4 is 9.99 Å². The summed E-state index contributed by atoms with van der Waals surface area (Å²) in [6.45, 7) is 12.4. The molecule has 2 atom stereocenters. The van der Waals surface area contributed by atoms with E-state index in [1.807, 2.05) is 5.32 Å². The van der Waals surface area contributed by atoms with Crippen LogP contribution in [0, 0.1) is 16.7 Å². The molecular weight excluding hydrogens is 439 g/mol. The summed E-state index contributed by atoms with van der Waals surface area (Å²) in [6, 6.07) is 0. The first kappa shape index (κ1) is 26.6. The molecule has 0 aliphatic heterocycles. The van der Waals surface area contributed by atoms with E-state index in [4.69, 9.17) is 0 Å². The number of halogens is 3. The fraction of sp³-hybridized carbons (Fsp3) is 0.783. The van der Waals surface area contributed by atoms with Crippen LogP contribution in [0.5, 0.6) is 0 Å². The normalized spacial score (nSPS) is 24.1. The van der Waals surface area contributed by atoms with Crippen molar-refractivity contribution in [1.29, 1.82) is 0 Å². The molecule has 1 heterocycles. The molecule has 0 saturated heterocycles. The number of hydrogen-bond acceptors (Lipinski definition) is 3. The average molecular weight is 476 g/mol. The van der Waals surface area contributed by atoms with Crippen LogP contribution in [-0.2, 0) is 21.5 Å². The van der Waals surface area contributed by atoms with Gasteiger partial charge in [0.15, 0.2) is 0 Å². The van der Waals surface area contributed by atoms with Crippen LogP contribution in [-0.4, -0.2) is 28.5 Å². The summed E-state index contributed by atoms with van der Waals surface area (Å²) in [5.74, 6) is -1.65. The van der Waals surface area contributed by atoms with Gasteiger partial charge in [-0.2, -0.15) is 13.2 Å². The van der Waals surface area contributed by atoms with Crippen molar-refractivity contribution >= 4 is 23.3 Å². The zero-order valence-corrected chi connectivity index (χ0v) is 21.0. The van der Waals surface area contributed by atoms with Gasteiger partial charge in [0.1, 0.15) is 11.2 Å². The first-order valence-corrected chi connectivity index (χ1v) is 12.0. The molecule has 1 aliphatic carbocycles. The first-order valence-electron chi connectivity index (χ1n) is 11.2. The molecule has 2 unspecified atom stereocenters. The Kier molecular flexibility index (Phi) is 7.74. The van der Waals surface area contributed by atoms with Crippen molar-refractivity contribution in [2.24, 2.45) is 21.7 Å². The Morgan fingerprint density at radius 1 is 1.25 bits per heavy atom. The van der Waals surface area contributed by atoms with Gasteiger partial charge in [0.05, 0.1) is 5.41 Å². The second-order valence-corrected chi connectivity index (χ2v) is 11.5. The van der Waals surface area contributed by atoms with E-state index in [-0.39, 0.29) is 11.4 Å². The molecule has 1 N–H and O–H groups in total. The second kappa shape index (κ2) is 9.31. The lowest BCUT2D eigenvalue weighted by atomic mass is 9.65. The zero-order valence-electron chi connectivity index (χ0n) is 20.2. The minimum atomic E-state index is -4.47. The molecule has 2 rings (SSSR count). The number of aryl methyl sites for hydroxylation is 1. The molecular formula is C23H36F3N3O2S. The molecule has 1 aromatic rings. The maximum atomic E-state index is 13.4. The van der Waals surface area contributed by atoms with Crippen molar-refractivity contribution in [3.8, 4) is 0 Å². The largest absolute Gasteiger partial charge is 0.405 e. The Labute approximate surface area is 192 Å². The van der Waals surface area contributed by atoms with E-state index in [1.165, 1.54) is 11.5 Å². The molecule has 1 fully saturated rings. The maximum Gasteiger partial charge on any atom is 0.405 e. The van der Waals surface area contributed by atoms with E-state index >= 15 is 0 Å². The van der Waals surface area contributed by atoms with Crippen molar-refractivity contribution in [1.82, 2.24) is 9.27 Å². The van der Waals surface area contributed by atoms with Gasteiger partial charge in [0.25, 0.3) is 5.91 Å². The Balaban J connectivity index is 2.35. The monoisotopic (exact) mass is 475 g/mol. The predicted octanol–water partition coefficient (Wildman–Crippen LogP) is 5.20. The molecule has 0 radical (unpaired) electrons. The van der Waals surface area contributed by atoms with Gasteiger partial charge in [-0.15, -0.1) is 0 Å². The number of nitrogens with zero attached hydrogens (tertiary/aromatic N) is 2. The number of hydrogen-bond donors (Lipinski definition) is 1. The van der Waals surface area contributed by atoms with Crippen LogP contribution in [0.4, 0.5) is 13.2 Å². The lowest BCUT2D eigenvalue weighted by Gasteiger charge is -2.38. The lowest BCUT2D eigenvalue weighted by Crippen LogP contribution is -2.46. The molecule has 2 amide bonds. The summed E-state index contributed by atoms with van der Waals surface area (Å²) in [7, 11) is 0. The number of amides is 2. The number of carbonyl (C=O) groups is 2. The van der Waals surface area contributed by atoms with Crippen LogP contribution in [0.1, 0.15) is 79.7 Å². The first-order chi connectivity index (χ1) is 14.5. The highest BCUT2D eigenvalue weighted by Crippen LogP contribution is 2.56.